The number of ether oxygens (including phenoxy) is 2. The van der Waals surface area contributed by atoms with E-state index in [1.54, 1.807) is 31.4 Å². The predicted octanol–water partition coefficient (Wildman–Crippen LogP) is 1.22. The Morgan fingerprint density at radius 2 is 1.93 bits per heavy atom. The number of nitrogens with two attached hydrogens (primary N) is 1. The number of carbonyl (C=O) groups excluding carboxylic acids is 1. The molecule has 2 aromatic rings. The Balaban J connectivity index is 2.36. The van der Waals surface area contributed by atoms with Gasteiger partial charge in [0, 0.05) is 26.8 Å². The van der Waals surface area contributed by atoms with Gasteiger partial charge in [0.15, 0.2) is 12.3 Å². The van der Waals surface area contributed by atoms with E-state index in [0.29, 0.717) is 25.3 Å². The van der Waals surface area contributed by atoms with Crippen LogP contribution in [-0.2, 0) is 16.1 Å². The van der Waals surface area contributed by atoms with Crippen LogP contribution in [0, 0.1) is 5.92 Å². The number of benzene rings is 1. The van der Waals surface area contributed by atoms with E-state index in [-0.39, 0.29) is 30.6 Å². The summed E-state index contributed by atoms with van der Waals surface area (Å²) >= 11 is 0. The zero-order valence-electron chi connectivity index (χ0n) is 17.0. The molecule has 3 N–H and O–H groups in total. The van der Waals surface area contributed by atoms with Crippen molar-refractivity contribution in [1.29, 1.82) is 0 Å². The van der Waals surface area contributed by atoms with Crippen molar-refractivity contribution in [3.8, 4) is 5.75 Å². The summed E-state index contributed by atoms with van der Waals surface area (Å²) in [4.78, 5) is 41.1. The fourth-order valence-electron chi connectivity index (χ4n) is 2.85. The van der Waals surface area contributed by atoms with Gasteiger partial charge < -0.3 is 20.1 Å². The van der Waals surface area contributed by atoms with Crippen LogP contribution in [0.3, 0.4) is 0 Å². The third kappa shape index (κ3) is 5.95. The van der Waals surface area contributed by atoms with Gasteiger partial charge in [-0.05, 0) is 24.5 Å². The molecule has 0 fully saturated rings. The molecule has 0 aliphatic rings. The van der Waals surface area contributed by atoms with Crippen LogP contribution in [-0.4, -0.2) is 42.3 Å². The predicted molar refractivity (Wildman–Crippen MR) is 111 cm³/mol. The van der Waals surface area contributed by atoms with Gasteiger partial charge in [-0.1, -0.05) is 32.0 Å². The monoisotopic (exact) mass is 404 g/mol. The molecule has 158 valence electrons. The molecule has 9 nitrogen and oxygen atoms in total. The second-order valence-electron chi connectivity index (χ2n) is 6.99. The van der Waals surface area contributed by atoms with Gasteiger partial charge in [0.25, 0.3) is 11.5 Å². The number of hydrogen-bond acceptors (Lipinski definition) is 6. The van der Waals surface area contributed by atoms with E-state index < -0.39 is 17.2 Å². The molecule has 1 heterocycles. The van der Waals surface area contributed by atoms with Crippen LogP contribution in [0.2, 0.25) is 0 Å². The molecule has 29 heavy (non-hydrogen) atoms. The highest BCUT2D eigenvalue weighted by molar-refractivity contribution is 5.96. The van der Waals surface area contributed by atoms with Crippen molar-refractivity contribution in [2.45, 2.75) is 26.8 Å². The average Bonchev–Trinajstić information content (AvgIpc) is 2.68. The lowest BCUT2D eigenvalue weighted by Crippen LogP contribution is -2.43. The number of rotatable bonds is 10. The summed E-state index contributed by atoms with van der Waals surface area (Å²) in [6.07, 6.45) is 0.482. The van der Waals surface area contributed by atoms with E-state index in [2.05, 4.69) is 4.98 Å². The summed E-state index contributed by atoms with van der Waals surface area (Å²) in [5.74, 6) is 0.159. The summed E-state index contributed by atoms with van der Waals surface area (Å²) in [5.41, 5.74) is 4.80. The first-order valence-electron chi connectivity index (χ1n) is 9.44. The Bertz CT molecular complexity index is 921. The van der Waals surface area contributed by atoms with E-state index in [0.717, 1.165) is 0 Å². The van der Waals surface area contributed by atoms with Gasteiger partial charge in [0.2, 0.25) is 0 Å². The van der Waals surface area contributed by atoms with Crippen molar-refractivity contribution in [2.75, 3.05) is 37.5 Å². The molecular weight excluding hydrogens is 376 g/mol. The van der Waals surface area contributed by atoms with Gasteiger partial charge >= 0.3 is 5.69 Å². The fraction of sp³-hybridized carbons (Fsp3) is 0.450. The molecular formula is C20H28N4O5. The SMILES string of the molecule is COCCCN(C(=O)COc1ccccc1)c1c(N)n(CC(C)C)c(=O)[nH]c1=O. The van der Waals surface area contributed by atoms with Crippen LogP contribution < -0.4 is 26.6 Å². The molecule has 0 bridgehead atoms. The highest BCUT2D eigenvalue weighted by Gasteiger charge is 2.24. The Kier molecular flexibility index (Phi) is 8.02. The minimum absolute atomic E-state index is 0.0436. The maximum Gasteiger partial charge on any atom is 0.330 e. The topological polar surface area (TPSA) is 120 Å². The summed E-state index contributed by atoms with van der Waals surface area (Å²) in [5, 5.41) is 0. The van der Waals surface area contributed by atoms with Crippen molar-refractivity contribution >= 4 is 17.4 Å². The number of methoxy groups -OCH3 is 1. The number of aromatic amines is 1. The first kappa shape index (κ1) is 22.2. The molecule has 0 saturated carbocycles. The number of carbonyl (C=O) groups is 1. The number of nitrogens with one attached hydrogen (secondary N) is 1. The van der Waals surface area contributed by atoms with Crippen molar-refractivity contribution in [3.63, 3.8) is 0 Å². The molecule has 1 aromatic carbocycles. The Hall–Kier alpha value is -3.07. The van der Waals surface area contributed by atoms with Crippen LogP contribution in [0.4, 0.5) is 11.5 Å². The Labute approximate surface area is 169 Å². The molecule has 0 spiro atoms. The minimum Gasteiger partial charge on any atom is -0.484 e. The van der Waals surface area contributed by atoms with Gasteiger partial charge in [-0.25, -0.2) is 4.79 Å². The summed E-state index contributed by atoms with van der Waals surface area (Å²) in [6.45, 7) is 4.47. The summed E-state index contributed by atoms with van der Waals surface area (Å²) in [6, 6.07) is 8.88. The smallest absolute Gasteiger partial charge is 0.330 e. The molecule has 9 heteroatoms. The van der Waals surface area contributed by atoms with Gasteiger partial charge in [0.1, 0.15) is 11.6 Å². The first-order chi connectivity index (χ1) is 13.8. The molecule has 0 saturated heterocycles. The summed E-state index contributed by atoms with van der Waals surface area (Å²) in [7, 11) is 1.55. The second kappa shape index (κ2) is 10.5. The third-order valence-corrected chi connectivity index (χ3v) is 4.17. The second-order valence-corrected chi connectivity index (χ2v) is 6.99. The number of H-pyrrole nitrogens is 1. The Morgan fingerprint density at radius 1 is 1.24 bits per heavy atom. The van der Waals surface area contributed by atoms with Crippen molar-refractivity contribution < 1.29 is 14.3 Å². The maximum atomic E-state index is 12.9. The Morgan fingerprint density at radius 3 is 2.55 bits per heavy atom. The molecule has 0 aliphatic carbocycles. The number of aromatic nitrogens is 2. The molecule has 1 aromatic heterocycles. The van der Waals surface area contributed by atoms with Crippen LogP contribution >= 0.6 is 0 Å². The number of hydrogen-bond donors (Lipinski definition) is 2. The minimum atomic E-state index is -0.710. The molecule has 0 atom stereocenters. The fourth-order valence-corrected chi connectivity index (χ4v) is 2.85. The zero-order chi connectivity index (χ0) is 21.4. The molecule has 1 amide bonds. The van der Waals surface area contributed by atoms with Crippen LogP contribution in [0.1, 0.15) is 20.3 Å². The van der Waals surface area contributed by atoms with E-state index in [1.165, 1.54) is 9.47 Å². The maximum absolute atomic E-state index is 12.9. The molecule has 2 rings (SSSR count). The first-order valence-corrected chi connectivity index (χ1v) is 9.44. The quantitative estimate of drug-likeness (QED) is 0.575. The lowest BCUT2D eigenvalue weighted by molar-refractivity contribution is -0.120. The summed E-state index contributed by atoms with van der Waals surface area (Å²) < 4.78 is 11.9. The van der Waals surface area contributed by atoms with Crippen LogP contribution in [0.15, 0.2) is 39.9 Å². The number of nitrogens with zero attached hydrogens (tertiary/aromatic N) is 2. The molecule has 0 unspecified atom stereocenters. The van der Waals surface area contributed by atoms with Gasteiger partial charge in [-0.15, -0.1) is 0 Å². The van der Waals surface area contributed by atoms with Crippen molar-refractivity contribution in [2.24, 2.45) is 5.92 Å². The van der Waals surface area contributed by atoms with Gasteiger partial charge in [-0.2, -0.15) is 0 Å². The van der Waals surface area contributed by atoms with Crippen LogP contribution in [0.25, 0.3) is 0 Å². The number of anilines is 2. The average molecular weight is 404 g/mol. The normalized spacial score (nSPS) is 10.9. The van der Waals surface area contributed by atoms with Crippen LogP contribution in [0.5, 0.6) is 5.75 Å². The highest BCUT2D eigenvalue weighted by atomic mass is 16.5. The molecule has 0 aliphatic heterocycles. The third-order valence-electron chi connectivity index (χ3n) is 4.17. The van der Waals surface area contributed by atoms with Crippen molar-refractivity contribution in [3.05, 3.63) is 51.2 Å². The zero-order valence-corrected chi connectivity index (χ0v) is 17.0. The van der Waals surface area contributed by atoms with E-state index >= 15 is 0 Å². The molecule has 0 radical (unpaired) electrons. The van der Waals surface area contributed by atoms with E-state index in [4.69, 9.17) is 15.2 Å². The standard InChI is InChI=1S/C20H28N4O5/c1-14(2)12-24-18(21)17(19(26)22-20(24)27)23(10-7-11-28-3)16(25)13-29-15-8-5-4-6-9-15/h4-6,8-9,14H,7,10-13,21H2,1-3H3,(H,22,26,27). The van der Waals surface area contributed by atoms with Crippen molar-refractivity contribution in [1.82, 2.24) is 9.55 Å². The highest BCUT2D eigenvalue weighted by Crippen LogP contribution is 2.19. The van der Waals surface area contributed by atoms with E-state index in [1.807, 2.05) is 19.9 Å². The van der Waals surface area contributed by atoms with E-state index in [9.17, 15) is 14.4 Å². The number of para-hydroxylation sites is 1. The van der Waals surface area contributed by atoms with Gasteiger partial charge in [-0.3, -0.25) is 19.1 Å². The largest absolute Gasteiger partial charge is 0.484 e. The number of nitrogen functional groups attached to an aromatic ring is 1. The lowest BCUT2D eigenvalue weighted by atomic mass is 10.2. The lowest BCUT2D eigenvalue weighted by Gasteiger charge is -2.25. The number of amides is 1. The van der Waals surface area contributed by atoms with Gasteiger partial charge in [0.05, 0.1) is 0 Å².